The molecule has 466 valence electrons. The minimum absolute atomic E-state index is 0.0904. The smallest absolute Gasteiger partial charge is 0.306 e. The van der Waals surface area contributed by atoms with Crippen molar-refractivity contribution in [2.75, 3.05) is 13.2 Å². The first-order valence-electron chi connectivity index (χ1n) is 34.7. The Kier molecular flexibility index (Phi) is 65.7. The molecule has 0 heterocycles. The molecular formula is C75H130O6. The van der Waals surface area contributed by atoms with E-state index in [9.17, 15) is 14.4 Å². The number of hydrogen-bond acceptors (Lipinski definition) is 6. The topological polar surface area (TPSA) is 78.9 Å². The molecule has 0 saturated carbocycles. The van der Waals surface area contributed by atoms with Crippen LogP contribution in [-0.2, 0) is 28.6 Å². The van der Waals surface area contributed by atoms with Crippen molar-refractivity contribution in [2.24, 2.45) is 0 Å². The first kappa shape index (κ1) is 77.3. The second kappa shape index (κ2) is 68.8. The van der Waals surface area contributed by atoms with E-state index in [1.807, 2.05) is 0 Å². The van der Waals surface area contributed by atoms with Crippen molar-refractivity contribution in [3.63, 3.8) is 0 Å². The number of unbranched alkanes of at least 4 members (excludes halogenated alkanes) is 36. The number of hydrogen-bond donors (Lipinski definition) is 0. The van der Waals surface area contributed by atoms with E-state index >= 15 is 0 Å². The van der Waals surface area contributed by atoms with Crippen LogP contribution >= 0.6 is 0 Å². The molecule has 6 heteroatoms. The van der Waals surface area contributed by atoms with Gasteiger partial charge in [0.05, 0.1) is 0 Å². The molecule has 0 aliphatic carbocycles. The Hall–Kier alpha value is -3.67. The lowest BCUT2D eigenvalue weighted by molar-refractivity contribution is -0.167. The second-order valence-electron chi connectivity index (χ2n) is 23.1. The minimum Gasteiger partial charge on any atom is -0.462 e. The number of ether oxygens (including phenoxy) is 3. The molecule has 0 bridgehead atoms. The van der Waals surface area contributed by atoms with E-state index in [0.717, 1.165) is 135 Å². The number of carbonyl (C=O) groups is 3. The number of carbonyl (C=O) groups excluding carboxylic acids is 3. The molecule has 0 rings (SSSR count). The maximum absolute atomic E-state index is 12.9. The molecule has 0 aromatic heterocycles. The molecule has 0 aromatic rings. The molecule has 0 aliphatic rings. The van der Waals surface area contributed by atoms with Crippen LogP contribution in [0.25, 0.3) is 0 Å². The van der Waals surface area contributed by atoms with Crippen LogP contribution < -0.4 is 0 Å². The van der Waals surface area contributed by atoms with Crippen LogP contribution in [0, 0.1) is 0 Å². The zero-order valence-electron chi connectivity index (χ0n) is 53.5. The molecule has 81 heavy (non-hydrogen) atoms. The highest BCUT2D eigenvalue weighted by Gasteiger charge is 2.19. The van der Waals surface area contributed by atoms with E-state index in [1.54, 1.807) is 0 Å². The molecular weight excluding hydrogens is 997 g/mol. The first-order chi connectivity index (χ1) is 40.0. The second-order valence-corrected chi connectivity index (χ2v) is 23.1. The molecule has 6 nitrogen and oxygen atoms in total. The zero-order chi connectivity index (χ0) is 58.5. The molecule has 0 spiro atoms. The first-order valence-corrected chi connectivity index (χ1v) is 34.7. The molecule has 0 radical (unpaired) electrons. The predicted molar refractivity (Wildman–Crippen MR) is 353 cm³/mol. The van der Waals surface area contributed by atoms with Crippen molar-refractivity contribution in [1.29, 1.82) is 0 Å². The van der Waals surface area contributed by atoms with E-state index in [1.165, 1.54) is 167 Å². The van der Waals surface area contributed by atoms with Crippen LogP contribution in [0.3, 0.4) is 0 Å². The number of allylic oxidation sites excluding steroid dienone is 16. The molecule has 0 aliphatic heterocycles. The van der Waals surface area contributed by atoms with Crippen LogP contribution in [0.15, 0.2) is 97.2 Å². The summed E-state index contributed by atoms with van der Waals surface area (Å²) in [6.07, 6.45) is 92.9. The molecule has 1 atom stereocenters. The van der Waals surface area contributed by atoms with E-state index in [0.29, 0.717) is 19.3 Å². The fourth-order valence-corrected chi connectivity index (χ4v) is 9.88. The van der Waals surface area contributed by atoms with Gasteiger partial charge in [0, 0.05) is 19.3 Å². The van der Waals surface area contributed by atoms with Gasteiger partial charge in [0.15, 0.2) is 6.10 Å². The summed E-state index contributed by atoms with van der Waals surface area (Å²) in [7, 11) is 0. The van der Waals surface area contributed by atoms with Crippen molar-refractivity contribution in [3.8, 4) is 0 Å². The summed E-state index contributed by atoms with van der Waals surface area (Å²) in [4.78, 5) is 38.4. The summed E-state index contributed by atoms with van der Waals surface area (Å²) in [5.41, 5.74) is 0. The highest BCUT2D eigenvalue weighted by atomic mass is 16.6. The monoisotopic (exact) mass is 1130 g/mol. The molecule has 0 saturated heterocycles. The van der Waals surface area contributed by atoms with Crippen LogP contribution in [0.4, 0.5) is 0 Å². The summed E-state index contributed by atoms with van der Waals surface area (Å²) >= 11 is 0. The molecule has 0 amide bonds. The molecule has 0 aromatic carbocycles. The Balaban J connectivity index is 4.34. The highest BCUT2D eigenvalue weighted by molar-refractivity contribution is 5.71. The van der Waals surface area contributed by atoms with E-state index in [4.69, 9.17) is 14.2 Å². The third-order valence-electron chi connectivity index (χ3n) is 15.1. The van der Waals surface area contributed by atoms with Gasteiger partial charge in [-0.15, -0.1) is 0 Å². The predicted octanol–water partition coefficient (Wildman–Crippen LogP) is 24.0. The van der Waals surface area contributed by atoms with Gasteiger partial charge in [0.2, 0.25) is 0 Å². The number of esters is 3. The Labute approximate surface area is 502 Å². The molecule has 1 unspecified atom stereocenters. The Morgan fingerprint density at radius 3 is 0.790 bits per heavy atom. The standard InChI is InChI=1S/C75H130O6/c1-4-7-10-13-16-19-22-25-28-30-32-34-36-37-38-40-41-43-45-47-50-53-56-59-62-65-68-74(77)80-71-72(70-79-73(76)67-64-61-58-55-52-49-27-24-21-18-15-12-9-6-3)81-75(78)69-66-63-60-57-54-51-48-46-44-42-39-35-33-31-29-26-23-20-17-14-11-8-5-2/h8,11,15,17-18,20,24,26-27,29,33,35,42,44,48,51,72H,4-7,9-10,12-14,16,19,21-23,25,28,30-32,34,36-41,43,45-47,49-50,52-71H2,1-3H3/b11-8-,18-15-,20-17-,27-24-,29-26-,35-33-,44-42-,51-48-. The summed E-state index contributed by atoms with van der Waals surface area (Å²) in [6, 6.07) is 0. The summed E-state index contributed by atoms with van der Waals surface area (Å²) < 4.78 is 16.9. The maximum atomic E-state index is 12.9. The van der Waals surface area contributed by atoms with Crippen molar-refractivity contribution in [3.05, 3.63) is 97.2 Å². The van der Waals surface area contributed by atoms with Gasteiger partial charge in [-0.1, -0.05) is 323 Å². The van der Waals surface area contributed by atoms with Gasteiger partial charge >= 0.3 is 17.9 Å². The summed E-state index contributed by atoms with van der Waals surface area (Å²) in [6.45, 7) is 6.50. The molecule has 0 fully saturated rings. The van der Waals surface area contributed by atoms with Crippen molar-refractivity contribution >= 4 is 17.9 Å². The largest absolute Gasteiger partial charge is 0.462 e. The van der Waals surface area contributed by atoms with Gasteiger partial charge in [-0.05, 0) is 96.3 Å². The average molecular weight is 1130 g/mol. The summed E-state index contributed by atoms with van der Waals surface area (Å²) in [5.74, 6) is -0.916. The van der Waals surface area contributed by atoms with E-state index < -0.39 is 6.10 Å². The lowest BCUT2D eigenvalue weighted by Gasteiger charge is -2.18. The fraction of sp³-hybridized carbons (Fsp3) is 0.747. The van der Waals surface area contributed by atoms with Crippen molar-refractivity contribution in [2.45, 2.75) is 348 Å². The SMILES string of the molecule is CC/C=C\C/C=C\C/C=C\C/C=C\C/C=C\C/C=C\CCCCCCC(=O)OC(COC(=O)CCCCCCC/C=C\C/C=C\CCCC)COC(=O)CCCCCCCCCCCCCCCCCCCCCCCCCCCC. The summed E-state index contributed by atoms with van der Waals surface area (Å²) in [5, 5.41) is 0. The van der Waals surface area contributed by atoms with Gasteiger partial charge in [-0.25, -0.2) is 0 Å². The van der Waals surface area contributed by atoms with E-state index in [-0.39, 0.29) is 31.1 Å². The van der Waals surface area contributed by atoms with Crippen LogP contribution in [0.5, 0.6) is 0 Å². The third-order valence-corrected chi connectivity index (χ3v) is 15.1. The van der Waals surface area contributed by atoms with Crippen LogP contribution in [0.1, 0.15) is 342 Å². The quantitative estimate of drug-likeness (QED) is 0.0261. The Morgan fingerprint density at radius 2 is 0.494 bits per heavy atom. The molecule has 0 N–H and O–H groups in total. The number of rotatable bonds is 63. The highest BCUT2D eigenvalue weighted by Crippen LogP contribution is 2.18. The zero-order valence-corrected chi connectivity index (χ0v) is 53.5. The van der Waals surface area contributed by atoms with E-state index in [2.05, 4.69) is 118 Å². The average Bonchev–Trinajstić information content (AvgIpc) is 3.47. The van der Waals surface area contributed by atoms with Gasteiger partial charge in [0.1, 0.15) is 13.2 Å². The van der Waals surface area contributed by atoms with Gasteiger partial charge in [-0.3, -0.25) is 14.4 Å². The normalized spacial score (nSPS) is 12.7. The van der Waals surface area contributed by atoms with Crippen LogP contribution in [-0.4, -0.2) is 37.2 Å². The lowest BCUT2D eigenvalue weighted by Crippen LogP contribution is -2.30. The maximum Gasteiger partial charge on any atom is 0.306 e. The van der Waals surface area contributed by atoms with Gasteiger partial charge in [-0.2, -0.15) is 0 Å². The Morgan fingerprint density at radius 1 is 0.259 bits per heavy atom. The third kappa shape index (κ3) is 67.0. The van der Waals surface area contributed by atoms with Crippen molar-refractivity contribution in [1.82, 2.24) is 0 Å². The van der Waals surface area contributed by atoms with Crippen LogP contribution in [0.2, 0.25) is 0 Å². The van der Waals surface area contributed by atoms with Crippen molar-refractivity contribution < 1.29 is 28.6 Å². The minimum atomic E-state index is -0.799. The Bertz CT molecular complexity index is 1580. The van der Waals surface area contributed by atoms with Gasteiger partial charge < -0.3 is 14.2 Å². The lowest BCUT2D eigenvalue weighted by atomic mass is 10.0. The van der Waals surface area contributed by atoms with Gasteiger partial charge in [0.25, 0.3) is 0 Å². The fourth-order valence-electron chi connectivity index (χ4n) is 9.88.